The van der Waals surface area contributed by atoms with Crippen molar-refractivity contribution in [2.75, 3.05) is 5.73 Å². The molecule has 5 rings (SSSR count). The molecular formula is C26H16ClN5O4. The van der Waals surface area contributed by atoms with Crippen LogP contribution in [0.2, 0.25) is 5.02 Å². The van der Waals surface area contributed by atoms with E-state index in [9.17, 15) is 14.7 Å². The van der Waals surface area contributed by atoms with E-state index in [-0.39, 0.29) is 22.1 Å². The summed E-state index contributed by atoms with van der Waals surface area (Å²) in [5.74, 6) is 0.301. The lowest BCUT2D eigenvalue weighted by molar-refractivity contribution is 0.102. The number of carbonyl (C=O) groups is 2. The minimum Gasteiger partial charge on any atom is -0.464 e. The Balaban J connectivity index is 1.48. The molecule has 3 aromatic carbocycles. The third-order valence-electron chi connectivity index (χ3n) is 5.53. The Morgan fingerprint density at radius 3 is 2.56 bits per heavy atom. The van der Waals surface area contributed by atoms with Crippen molar-refractivity contribution in [3.8, 4) is 23.3 Å². The number of ketones is 1. The van der Waals surface area contributed by atoms with E-state index in [1.165, 1.54) is 16.9 Å². The van der Waals surface area contributed by atoms with E-state index in [1.807, 2.05) is 6.07 Å². The van der Waals surface area contributed by atoms with Crippen molar-refractivity contribution in [1.82, 2.24) is 14.3 Å². The van der Waals surface area contributed by atoms with Gasteiger partial charge in [0.05, 0.1) is 39.6 Å². The van der Waals surface area contributed by atoms with Gasteiger partial charge in [-0.2, -0.15) is 10.4 Å². The summed E-state index contributed by atoms with van der Waals surface area (Å²) in [6.07, 6.45) is -0.0141. The lowest BCUT2D eigenvalue weighted by atomic mass is 10.1. The average molecular weight is 498 g/mol. The summed E-state index contributed by atoms with van der Waals surface area (Å²) in [6.45, 7) is 0. The molecule has 9 nitrogen and oxygen atoms in total. The SMILES string of the molecule is N#Cc1cccc(Oc2ccc(-n3ncc(C(=O)c4cc5ccccc5n4C(=O)O)c3N)c(Cl)c2)c1. The van der Waals surface area contributed by atoms with Gasteiger partial charge in [0.1, 0.15) is 23.0 Å². The van der Waals surface area contributed by atoms with E-state index in [0.29, 0.717) is 33.7 Å². The fraction of sp³-hybridized carbons (Fsp3) is 0. The third kappa shape index (κ3) is 3.91. The standard InChI is InChI=1S/C26H16ClN5O4/c27-20-12-18(36-17-6-3-4-15(10-17)13-28)8-9-22(20)32-25(29)19(14-30-32)24(33)23-11-16-5-1-2-7-21(16)31(23)26(34)35/h1-12,14H,29H2,(H,34,35). The molecule has 0 radical (unpaired) electrons. The van der Waals surface area contributed by atoms with Crippen LogP contribution in [0, 0.1) is 11.3 Å². The van der Waals surface area contributed by atoms with Crippen LogP contribution in [0.3, 0.4) is 0 Å². The number of ether oxygens (including phenoxy) is 1. The summed E-state index contributed by atoms with van der Waals surface area (Å²) in [5, 5.41) is 23.8. The summed E-state index contributed by atoms with van der Waals surface area (Å²) < 4.78 is 8.00. The Bertz CT molecular complexity index is 1710. The zero-order valence-corrected chi connectivity index (χ0v) is 19.2. The van der Waals surface area contributed by atoms with Crippen molar-refractivity contribution in [3.63, 3.8) is 0 Å². The highest BCUT2D eigenvalue weighted by Gasteiger charge is 2.25. The molecule has 0 spiro atoms. The minimum absolute atomic E-state index is 0.000477. The summed E-state index contributed by atoms with van der Waals surface area (Å²) in [4.78, 5) is 25.2. The molecule has 176 valence electrons. The van der Waals surface area contributed by atoms with Gasteiger partial charge in [-0.05, 0) is 42.5 Å². The summed E-state index contributed by atoms with van der Waals surface area (Å²) >= 11 is 6.47. The molecule has 0 aliphatic carbocycles. The molecule has 36 heavy (non-hydrogen) atoms. The number of benzene rings is 3. The molecule has 0 bridgehead atoms. The molecular weight excluding hydrogens is 482 g/mol. The van der Waals surface area contributed by atoms with Crippen LogP contribution >= 0.6 is 11.6 Å². The lowest BCUT2D eigenvalue weighted by Crippen LogP contribution is -2.17. The molecule has 0 unspecified atom stereocenters. The van der Waals surface area contributed by atoms with Crippen molar-refractivity contribution in [3.05, 3.63) is 101 Å². The molecule has 0 atom stereocenters. The van der Waals surface area contributed by atoms with Crippen LogP contribution in [0.1, 0.15) is 21.6 Å². The number of nitrogens with zero attached hydrogens (tertiary/aromatic N) is 4. The van der Waals surface area contributed by atoms with Crippen molar-refractivity contribution in [2.45, 2.75) is 0 Å². The van der Waals surface area contributed by atoms with Crippen LogP contribution in [-0.2, 0) is 0 Å². The highest BCUT2D eigenvalue weighted by Crippen LogP contribution is 2.31. The maximum Gasteiger partial charge on any atom is 0.416 e. The fourth-order valence-corrected chi connectivity index (χ4v) is 4.13. The minimum atomic E-state index is -1.29. The second-order valence-electron chi connectivity index (χ2n) is 7.75. The van der Waals surface area contributed by atoms with Gasteiger partial charge in [0.25, 0.3) is 0 Å². The summed E-state index contributed by atoms with van der Waals surface area (Å²) in [7, 11) is 0. The number of para-hydroxylation sites is 1. The van der Waals surface area contributed by atoms with Gasteiger partial charge in [0.2, 0.25) is 5.78 Å². The normalized spacial score (nSPS) is 10.8. The second-order valence-corrected chi connectivity index (χ2v) is 8.15. The maximum absolute atomic E-state index is 13.3. The van der Waals surface area contributed by atoms with E-state index >= 15 is 0 Å². The predicted molar refractivity (Wildman–Crippen MR) is 133 cm³/mol. The first-order valence-electron chi connectivity index (χ1n) is 10.6. The summed E-state index contributed by atoms with van der Waals surface area (Å²) in [5.41, 5.74) is 7.48. The van der Waals surface area contributed by atoms with Crippen LogP contribution in [-0.4, -0.2) is 31.3 Å². The Morgan fingerprint density at radius 2 is 1.81 bits per heavy atom. The number of aromatic nitrogens is 3. The van der Waals surface area contributed by atoms with Crippen molar-refractivity contribution < 1.29 is 19.4 Å². The molecule has 0 aliphatic rings. The molecule has 2 heterocycles. The van der Waals surface area contributed by atoms with Crippen LogP contribution in [0.5, 0.6) is 11.5 Å². The van der Waals surface area contributed by atoms with Gasteiger partial charge in [-0.15, -0.1) is 0 Å². The van der Waals surface area contributed by atoms with Gasteiger partial charge in [0.15, 0.2) is 0 Å². The average Bonchev–Trinajstić information content (AvgIpc) is 3.45. The Hall–Kier alpha value is -5.07. The third-order valence-corrected chi connectivity index (χ3v) is 5.83. The van der Waals surface area contributed by atoms with Gasteiger partial charge >= 0.3 is 6.09 Å². The zero-order chi connectivity index (χ0) is 25.4. The molecule has 2 aromatic heterocycles. The zero-order valence-electron chi connectivity index (χ0n) is 18.4. The number of nitrogens with two attached hydrogens (primary N) is 1. The fourth-order valence-electron chi connectivity index (χ4n) is 3.88. The van der Waals surface area contributed by atoms with Gasteiger partial charge in [-0.25, -0.2) is 14.0 Å². The molecule has 0 amide bonds. The van der Waals surface area contributed by atoms with E-state index in [2.05, 4.69) is 5.10 Å². The van der Waals surface area contributed by atoms with Crippen molar-refractivity contribution >= 4 is 40.2 Å². The molecule has 3 N–H and O–H groups in total. The largest absolute Gasteiger partial charge is 0.464 e. The Kier molecular flexibility index (Phi) is 5.64. The van der Waals surface area contributed by atoms with Gasteiger partial charge in [0, 0.05) is 11.5 Å². The Morgan fingerprint density at radius 1 is 1.03 bits per heavy atom. The number of carbonyl (C=O) groups excluding carboxylic acids is 1. The summed E-state index contributed by atoms with van der Waals surface area (Å²) in [6, 6.07) is 21.8. The molecule has 5 aromatic rings. The van der Waals surface area contributed by atoms with E-state index in [0.717, 1.165) is 4.57 Å². The highest BCUT2D eigenvalue weighted by atomic mass is 35.5. The van der Waals surface area contributed by atoms with Gasteiger partial charge in [-0.3, -0.25) is 4.79 Å². The number of rotatable bonds is 5. The van der Waals surface area contributed by atoms with Crippen LogP contribution in [0.15, 0.2) is 79.0 Å². The first-order chi connectivity index (χ1) is 17.4. The van der Waals surface area contributed by atoms with Crippen molar-refractivity contribution in [1.29, 1.82) is 5.26 Å². The predicted octanol–water partition coefficient (Wildman–Crippen LogP) is 5.48. The number of anilines is 1. The molecule has 10 heteroatoms. The van der Waals surface area contributed by atoms with Crippen LogP contribution in [0.4, 0.5) is 10.6 Å². The monoisotopic (exact) mass is 497 g/mol. The number of nitriles is 1. The van der Waals surface area contributed by atoms with E-state index in [1.54, 1.807) is 66.7 Å². The number of nitrogen functional groups attached to an aromatic ring is 1. The first kappa shape index (κ1) is 22.7. The highest BCUT2D eigenvalue weighted by molar-refractivity contribution is 6.32. The Labute approximate surface area is 209 Å². The second kappa shape index (κ2) is 8.94. The molecule has 0 saturated heterocycles. The first-order valence-corrected chi connectivity index (χ1v) is 10.9. The quantitative estimate of drug-likeness (QED) is 0.306. The molecule has 0 aliphatic heterocycles. The number of carboxylic acid groups (broad SMARTS) is 1. The maximum atomic E-state index is 13.3. The lowest BCUT2D eigenvalue weighted by Gasteiger charge is -2.11. The van der Waals surface area contributed by atoms with Gasteiger partial charge < -0.3 is 15.6 Å². The number of fused-ring (bicyclic) bond motifs is 1. The van der Waals surface area contributed by atoms with Crippen molar-refractivity contribution in [2.24, 2.45) is 0 Å². The number of hydrogen-bond acceptors (Lipinski definition) is 6. The number of halogens is 1. The van der Waals surface area contributed by atoms with Crippen LogP contribution < -0.4 is 10.5 Å². The van der Waals surface area contributed by atoms with Crippen LogP contribution in [0.25, 0.3) is 16.6 Å². The molecule has 0 fully saturated rings. The van der Waals surface area contributed by atoms with E-state index in [4.69, 9.17) is 27.3 Å². The topological polar surface area (TPSA) is 136 Å². The van der Waals surface area contributed by atoms with E-state index < -0.39 is 11.9 Å². The molecule has 0 saturated carbocycles. The number of hydrogen-bond donors (Lipinski definition) is 2. The smallest absolute Gasteiger partial charge is 0.416 e. The van der Waals surface area contributed by atoms with Gasteiger partial charge in [-0.1, -0.05) is 35.9 Å².